The summed E-state index contributed by atoms with van der Waals surface area (Å²) < 4.78 is 18.7. The molecule has 0 bridgehead atoms. The number of hydrogen-bond acceptors (Lipinski definition) is 4. The number of nitrogens with zero attached hydrogens (tertiary/aromatic N) is 3. The third-order valence-electron chi connectivity index (χ3n) is 28.2. The zero-order chi connectivity index (χ0) is 85.6. The van der Waals surface area contributed by atoms with E-state index in [9.17, 15) is 0 Å². The van der Waals surface area contributed by atoms with Crippen LogP contribution < -0.4 is 0 Å². The molecule has 119 heavy (non-hydrogen) atoms. The summed E-state index contributed by atoms with van der Waals surface area (Å²) in [6.07, 6.45) is 144. The van der Waals surface area contributed by atoms with Gasteiger partial charge in [-0.05, 0) is 0 Å². The summed E-state index contributed by atoms with van der Waals surface area (Å²) in [7, 11) is 0. The van der Waals surface area contributed by atoms with Crippen LogP contribution in [0.4, 0.5) is 0 Å². The summed E-state index contributed by atoms with van der Waals surface area (Å²) in [5.74, 6) is 0. The van der Waals surface area contributed by atoms with E-state index in [-0.39, 0.29) is 0 Å². The van der Waals surface area contributed by atoms with Gasteiger partial charge in [-0.25, -0.2) is 0 Å². The summed E-state index contributed by atoms with van der Waals surface area (Å²) in [5, 5.41) is 0. The smallest absolute Gasteiger partial charge is 0.0654 e. The van der Waals surface area contributed by atoms with Crippen molar-refractivity contribution in [2.45, 2.75) is 691 Å². The fraction of sp³-hybridized carbons (Fsp3) is 1.00. The second kappa shape index (κ2) is 107. The Hall–Kier alpha value is 0.554. The average Bonchev–Trinajstić information content (AvgIpc) is 0.768. The molecule has 0 saturated heterocycles. The van der Waals surface area contributed by atoms with Gasteiger partial charge in [0.2, 0.25) is 0 Å². The second-order valence-electron chi connectivity index (χ2n) is 40.3. The minimum atomic E-state index is -3.74. The van der Waals surface area contributed by atoms with Crippen molar-refractivity contribution < 1.29 is 21.1 Å². The van der Waals surface area contributed by atoms with Gasteiger partial charge in [-0.15, -0.1) is 0 Å². The Bertz CT molecular complexity index is 1450. The molecule has 0 spiro atoms. The van der Waals surface area contributed by atoms with Crippen LogP contribution in [-0.2, 0) is 21.1 Å². The van der Waals surface area contributed by atoms with Crippen LogP contribution in [0.2, 0.25) is 0 Å². The standard InChI is InChI=1S/3C36H74N.C6H13O.Ti/c3*1-3-5-7-9-11-13-15-17-19-21-23-25-27-29-31-33-35-37-36-34-32-30-28-26-24-22-20-18-16-14-12-10-8-6-4-2;1-2-3-4-5-6-7;/h3*3-36H2,1-2H3;2-6H2,1H3;/q4*-1;+4. The number of hydrogen-bond donors (Lipinski definition) is 0. The Kier molecular flexibility index (Phi) is 108. The topological polar surface area (TPSA) is 19.0 Å². The summed E-state index contributed by atoms with van der Waals surface area (Å²) >= 11 is -3.74. The normalized spacial score (nSPS) is 12.2. The van der Waals surface area contributed by atoms with E-state index in [0.29, 0.717) is 0 Å². The van der Waals surface area contributed by atoms with E-state index in [0.717, 1.165) is 6.61 Å². The van der Waals surface area contributed by atoms with Gasteiger partial charge in [0, 0.05) is 0 Å². The fourth-order valence-corrected chi connectivity index (χ4v) is 27.5. The summed E-state index contributed by atoms with van der Waals surface area (Å²) in [5.41, 5.74) is 0. The van der Waals surface area contributed by atoms with E-state index in [4.69, 9.17) is 3.32 Å². The van der Waals surface area contributed by atoms with Gasteiger partial charge in [-0.2, -0.15) is 0 Å². The molecular weight excluding hydrogens is 1480 g/mol. The van der Waals surface area contributed by atoms with Crippen LogP contribution in [0.1, 0.15) is 691 Å². The monoisotopic (exact) mass is 1710 g/mol. The molecule has 0 saturated carbocycles. The van der Waals surface area contributed by atoms with Gasteiger partial charge >= 0.3 is 495 Å². The Morgan fingerprint density at radius 2 is 0.193 bits per heavy atom. The first-order valence-electron chi connectivity index (χ1n) is 58.0. The third kappa shape index (κ3) is 89.0. The van der Waals surface area contributed by atoms with Gasteiger partial charge in [-0.1, -0.05) is 273 Å². The van der Waals surface area contributed by atoms with E-state index in [1.165, 1.54) is 681 Å². The van der Waals surface area contributed by atoms with Crippen molar-refractivity contribution >= 4 is 0 Å². The summed E-state index contributed by atoms with van der Waals surface area (Å²) in [4.78, 5) is 0. The Morgan fingerprint density at radius 3 is 0.294 bits per heavy atom. The maximum absolute atomic E-state index is 8.60. The number of unbranched alkanes of at least 4 members (excludes halogenated alkanes) is 93. The van der Waals surface area contributed by atoms with Gasteiger partial charge < -0.3 is 0 Å². The zero-order valence-electron chi connectivity index (χ0n) is 84.9. The maximum atomic E-state index is 8.60. The number of rotatable bonds is 111. The molecule has 716 valence electrons. The van der Waals surface area contributed by atoms with Crippen molar-refractivity contribution in [3.05, 3.63) is 0 Å². The van der Waals surface area contributed by atoms with Crippen molar-refractivity contribution in [2.24, 2.45) is 0 Å². The molecule has 0 N–H and O–H groups in total. The SMILES string of the molecule is CCCCCCCCCCCCCCCCCC[N](CCCCCCCCCCCCCCCCCC)[Ti]([O]CCCCCC)([N](CCCCCCCCCCCCCCCCCC)CCCCCCCCCCCCCCCCCC)[N](CCCCCCCCCCCCCCCCCC)CCCCCCCCCCCCCCCCCC. The van der Waals surface area contributed by atoms with Gasteiger partial charge in [0.15, 0.2) is 0 Å². The fourth-order valence-electron chi connectivity index (χ4n) is 19.9. The summed E-state index contributed by atoms with van der Waals surface area (Å²) in [6, 6.07) is 0. The predicted molar refractivity (Wildman–Crippen MR) is 542 cm³/mol. The van der Waals surface area contributed by atoms with Crippen molar-refractivity contribution in [1.82, 2.24) is 10.1 Å². The molecule has 0 radical (unpaired) electrons. The molecule has 0 atom stereocenters. The molecule has 0 aromatic heterocycles. The molecular formula is C114H235N3OTi. The molecule has 0 amide bonds. The molecule has 0 aliphatic rings. The van der Waals surface area contributed by atoms with Crippen molar-refractivity contribution in [3.8, 4) is 0 Å². The Morgan fingerprint density at radius 1 is 0.109 bits per heavy atom. The molecule has 5 heteroatoms. The minimum absolute atomic E-state index is 0.997. The molecule has 0 fully saturated rings. The second-order valence-corrected chi connectivity index (χ2v) is 45.5. The summed E-state index contributed by atoms with van der Waals surface area (Å²) in [6.45, 7) is 25.3. The van der Waals surface area contributed by atoms with Crippen LogP contribution in [-0.4, -0.2) is 56.0 Å². The van der Waals surface area contributed by atoms with Crippen LogP contribution in [0.3, 0.4) is 0 Å². The van der Waals surface area contributed by atoms with Crippen LogP contribution in [0.25, 0.3) is 0 Å². The molecule has 0 aliphatic carbocycles. The molecule has 0 aliphatic heterocycles. The van der Waals surface area contributed by atoms with E-state index < -0.39 is 17.7 Å². The van der Waals surface area contributed by atoms with Crippen LogP contribution in [0, 0.1) is 0 Å². The van der Waals surface area contributed by atoms with Crippen LogP contribution >= 0.6 is 0 Å². The molecule has 4 nitrogen and oxygen atoms in total. The van der Waals surface area contributed by atoms with Crippen LogP contribution in [0.5, 0.6) is 0 Å². The first kappa shape index (κ1) is 120. The molecule has 0 aromatic carbocycles. The molecule has 0 aromatic rings. The predicted octanol–water partition coefficient (Wildman–Crippen LogP) is 41.9. The van der Waals surface area contributed by atoms with Crippen molar-refractivity contribution in [2.75, 3.05) is 45.9 Å². The Balaban J connectivity index is 7.48. The van der Waals surface area contributed by atoms with Crippen molar-refractivity contribution in [3.63, 3.8) is 0 Å². The van der Waals surface area contributed by atoms with Gasteiger partial charge in [0.25, 0.3) is 0 Å². The van der Waals surface area contributed by atoms with E-state index >= 15 is 0 Å². The zero-order valence-corrected chi connectivity index (χ0v) is 86.5. The van der Waals surface area contributed by atoms with E-state index in [1.54, 1.807) is 0 Å². The van der Waals surface area contributed by atoms with Gasteiger partial charge in [-0.3, -0.25) is 0 Å². The van der Waals surface area contributed by atoms with Gasteiger partial charge in [0.05, 0.1) is 0 Å². The van der Waals surface area contributed by atoms with Crippen LogP contribution in [0.15, 0.2) is 0 Å². The first-order chi connectivity index (χ1) is 59.1. The molecule has 0 heterocycles. The molecule has 0 unspecified atom stereocenters. The average molecular weight is 1710 g/mol. The quantitative estimate of drug-likeness (QED) is 0.0446. The Labute approximate surface area is 762 Å². The third-order valence-corrected chi connectivity index (χ3v) is 35.1. The first-order valence-corrected chi connectivity index (χ1v) is 60.7. The van der Waals surface area contributed by atoms with E-state index in [1.807, 2.05) is 0 Å². The van der Waals surface area contributed by atoms with Crippen molar-refractivity contribution in [1.29, 1.82) is 0 Å². The minimum Gasteiger partial charge on any atom is -0.0654 e. The molecule has 0 rings (SSSR count). The van der Waals surface area contributed by atoms with Gasteiger partial charge in [0.1, 0.15) is 0 Å². The van der Waals surface area contributed by atoms with E-state index in [2.05, 4.69) is 58.6 Å².